The predicted octanol–water partition coefficient (Wildman–Crippen LogP) is 5.54. The van der Waals surface area contributed by atoms with Crippen LogP contribution in [0.15, 0.2) is 41.8 Å². The summed E-state index contributed by atoms with van der Waals surface area (Å²) in [7, 11) is -4.49. The fourth-order valence-corrected chi connectivity index (χ4v) is 4.86. The minimum Gasteiger partial charge on any atom is -0.490 e. The smallest absolute Gasteiger partial charge is 0.408 e. The van der Waals surface area contributed by atoms with Gasteiger partial charge in [0.05, 0.1) is 9.92 Å². The van der Waals surface area contributed by atoms with Crippen molar-refractivity contribution in [3.63, 3.8) is 0 Å². The molecule has 0 aliphatic heterocycles. The Kier molecular flexibility index (Phi) is 7.27. The highest BCUT2D eigenvalue weighted by molar-refractivity contribution is 7.89. The molecule has 2 aromatic rings. The van der Waals surface area contributed by atoms with Crippen LogP contribution in [0, 0.1) is 13.8 Å². The van der Waals surface area contributed by atoms with E-state index in [1.807, 2.05) is 0 Å². The number of hydrogen-bond acceptors (Lipinski definition) is 3. The molecule has 158 valence electrons. The Morgan fingerprint density at radius 2 is 1.76 bits per heavy atom. The van der Waals surface area contributed by atoms with Gasteiger partial charge in [-0.25, -0.2) is 8.42 Å². The molecule has 0 saturated heterocycles. The van der Waals surface area contributed by atoms with E-state index in [4.69, 9.17) is 27.9 Å². The van der Waals surface area contributed by atoms with E-state index in [2.05, 4.69) is 6.58 Å². The Hall–Kier alpha value is -1.74. The van der Waals surface area contributed by atoms with E-state index in [1.54, 1.807) is 4.72 Å². The molecule has 0 spiro atoms. The van der Waals surface area contributed by atoms with Gasteiger partial charge in [-0.15, -0.1) is 0 Å². The Balaban J connectivity index is 2.31. The van der Waals surface area contributed by atoms with Crippen molar-refractivity contribution in [3.8, 4) is 5.75 Å². The number of rotatable bonds is 7. The largest absolute Gasteiger partial charge is 0.490 e. The average Bonchev–Trinajstić information content (AvgIpc) is 2.57. The van der Waals surface area contributed by atoms with Gasteiger partial charge in [0.25, 0.3) is 0 Å². The van der Waals surface area contributed by atoms with Crippen LogP contribution >= 0.6 is 23.2 Å². The maximum Gasteiger partial charge on any atom is 0.408 e. The molecule has 0 amide bonds. The third kappa shape index (κ3) is 5.88. The molecule has 0 aromatic heterocycles. The van der Waals surface area contributed by atoms with Crippen LogP contribution in [-0.4, -0.2) is 27.2 Å². The van der Waals surface area contributed by atoms with Crippen LogP contribution in [0.3, 0.4) is 0 Å². The summed E-state index contributed by atoms with van der Waals surface area (Å²) in [6, 6.07) is 4.57. The average molecular weight is 468 g/mol. The van der Waals surface area contributed by atoms with Crippen LogP contribution in [0.2, 0.25) is 10.0 Å². The summed E-state index contributed by atoms with van der Waals surface area (Å²) in [5.74, 6) is -0.0489. The number of sulfonamides is 1. The lowest BCUT2D eigenvalue weighted by Crippen LogP contribution is -2.49. The van der Waals surface area contributed by atoms with Gasteiger partial charge >= 0.3 is 6.18 Å². The van der Waals surface area contributed by atoms with Crippen LogP contribution in [0.4, 0.5) is 13.2 Å². The molecule has 0 heterocycles. The number of alkyl halides is 3. The fraction of sp³-hybridized carbons (Fsp3) is 0.263. The van der Waals surface area contributed by atoms with E-state index >= 15 is 0 Å². The molecule has 1 atom stereocenters. The van der Waals surface area contributed by atoms with Gasteiger partial charge in [-0.2, -0.15) is 17.9 Å². The SMILES string of the molecule is C=Cc1cc(C)c(S(=O)(=O)NC(COc2ccc(Cl)cc2Cl)C(F)(F)F)c(C)c1. The van der Waals surface area contributed by atoms with Crippen molar-refractivity contribution >= 4 is 39.3 Å². The van der Waals surface area contributed by atoms with Crippen LogP contribution in [0.5, 0.6) is 5.75 Å². The molecular weight excluding hydrogens is 450 g/mol. The Labute approximate surface area is 177 Å². The van der Waals surface area contributed by atoms with E-state index in [0.29, 0.717) is 16.7 Å². The number of benzene rings is 2. The van der Waals surface area contributed by atoms with Crippen molar-refractivity contribution in [3.05, 3.63) is 63.6 Å². The maximum absolute atomic E-state index is 13.5. The van der Waals surface area contributed by atoms with E-state index < -0.39 is 28.8 Å². The summed E-state index contributed by atoms with van der Waals surface area (Å²) < 4.78 is 72.7. The van der Waals surface area contributed by atoms with Gasteiger partial charge in [0, 0.05) is 5.02 Å². The lowest BCUT2D eigenvalue weighted by molar-refractivity contribution is -0.157. The summed E-state index contributed by atoms with van der Waals surface area (Å²) in [5, 5.41) is 0.289. The van der Waals surface area contributed by atoms with Gasteiger partial charge in [0.1, 0.15) is 12.4 Å². The molecule has 29 heavy (non-hydrogen) atoms. The number of halogens is 5. The molecule has 4 nitrogen and oxygen atoms in total. The first-order valence-corrected chi connectivity index (χ1v) is 10.5. The van der Waals surface area contributed by atoms with Crippen molar-refractivity contribution < 1.29 is 26.3 Å². The van der Waals surface area contributed by atoms with E-state index in [0.717, 1.165) is 0 Å². The molecule has 10 heteroatoms. The molecule has 1 unspecified atom stereocenters. The highest BCUT2D eigenvalue weighted by Gasteiger charge is 2.43. The normalized spacial score (nSPS) is 13.2. The molecule has 1 N–H and O–H groups in total. The number of hydrogen-bond donors (Lipinski definition) is 1. The molecule has 0 bridgehead atoms. The second-order valence-corrected chi connectivity index (χ2v) is 8.78. The monoisotopic (exact) mass is 467 g/mol. The fourth-order valence-electron chi connectivity index (χ4n) is 2.73. The zero-order valence-corrected chi connectivity index (χ0v) is 17.8. The lowest BCUT2D eigenvalue weighted by atomic mass is 10.1. The predicted molar refractivity (Wildman–Crippen MR) is 108 cm³/mol. The van der Waals surface area contributed by atoms with Crippen molar-refractivity contribution in [1.29, 1.82) is 0 Å². The summed E-state index contributed by atoms with van der Waals surface area (Å²) in [6.45, 7) is 5.60. The summed E-state index contributed by atoms with van der Waals surface area (Å²) in [5.41, 5.74) is 1.26. The van der Waals surface area contributed by atoms with E-state index in [1.165, 1.54) is 50.3 Å². The second kappa shape index (κ2) is 8.95. The molecule has 0 fully saturated rings. The van der Waals surface area contributed by atoms with Crippen molar-refractivity contribution in [1.82, 2.24) is 4.72 Å². The van der Waals surface area contributed by atoms with Gasteiger partial charge < -0.3 is 4.74 Å². The summed E-state index contributed by atoms with van der Waals surface area (Å²) in [4.78, 5) is -0.220. The zero-order chi connectivity index (χ0) is 22.0. The van der Waals surface area contributed by atoms with Crippen molar-refractivity contribution in [2.75, 3.05) is 6.61 Å². The molecule has 2 aromatic carbocycles. The molecule has 0 aliphatic rings. The summed E-state index contributed by atoms with van der Waals surface area (Å²) >= 11 is 11.6. The molecule has 0 aliphatic carbocycles. The number of nitrogens with one attached hydrogen (secondary N) is 1. The van der Waals surface area contributed by atoms with Crippen molar-refractivity contribution in [2.24, 2.45) is 0 Å². The first-order valence-electron chi connectivity index (χ1n) is 8.25. The van der Waals surface area contributed by atoms with Crippen molar-refractivity contribution in [2.45, 2.75) is 31.0 Å². The first kappa shape index (κ1) is 23.5. The topological polar surface area (TPSA) is 55.4 Å². The highest BCUT2D eigenvalue weighted by Crippen LogP contribution is 2.30. The third-order valence-corrected chi connectivity index (χ3v) is 6.29. The molecule has 0 radical (unpaired) electrons. The highest BCUT2D eigenvalue weighted by atomic mass is 35.5. The first-order chi connectivity index (χ1) is 13.3. The van der Waals surface area contributed by atoms with Crippen LogP contribution in [-0.2, 0) is 10.0 Å². The number of aryl methyl sites for hydroxylation is 2. The molecule has 0 saturated carbocycles. The maximum atomic E-state index is 13.5. The third-order valence-electron chi connectivity index (χ3n) is 3.98. The van der Waals surface area contributed by atoms with Crippen LogP contribution in [0.25, 0.3) is 6.08 Å². The Morgan fingerprint density at radius 1 is 1.17 bits per heavy atom. The standard InChI is InChI=1S/C19H18Cl2F3NO3S/c1-4-13-7-11(2)18(12(3)8-13)29(26,27)25-17(19(22,23)24)10-28-16-6-5-14(20)9-15(16)21/h4-9,17,25H,1,10H2,2-3H3. The van der Waals surface area contributed by atoms with Gasteiger partial charge in [-0.1, -0.05) is 48.0 Å². The zero-order valence-electron chi connectivity index (χ0n) is 15.5. The van der Waals surface area contributed by atoms with Gasteiger partial charge in [0.2, 0.25) is 10.0 Å². The number of ether oxygens (including phenoxy) is 1. The van der Waals surface area contributed by atoms with E-state index in [9.17, 15) is 21.6 Å². The Morgan fingerprint density at radius 3 is 2.24 bits per heavy atom. The van der Waals surface area contributed by atoms with Gasteiger partial charge in [-0.3, -0.25) is 0 Å². The minimum absolute atomic E-state index is 0.00739. The minimum atomic E-state index is -4.89. The lowest BCUT2D eigenvalue weighted by Gasteiger charge is -2.23. The van der Waals surface area contributed by atoms with Crippen LogP contribution in [0.1, 0.15) is 16.7 Å². The molecule has 2 rings (SSSR count). The van der Waals surface area contributed by atoms with Crippen LogP contribution < -0.4 is 9.46 Å². The Bertz CT molecular complexity index is 1000. The van der Waals surface area contributed by atoms with Gasteiger partial charge in [0.15, 0.2) is 6.04 Å². The quantitative estimate of drug-likeness (QED) is 0.581. The van der Waals surface area contributed by atoms with Gasteiger partial charge in [-0.05, 0) is 48.7 Å². The molecular formula is C19H18Cl2F3NO3S. The second-order valence-electron chi connectivity index (χ2n) is 6.29. The van der Waals surface area contributed by atoms with E-state index in [-0.39, 0.29) is 20.7 Å². The summed E-state index contributed by atoms with van der Waals surface area (Å²) in [6.07, 6.45) is -3.37.